The third kappa shape index (κ3) is 6.38. The lowest BCUT2D eigenvalue weighted by Gasteiger charge is -2.35. The highest BCUT2D eigenvalue weighted by Crippen LogP contribution is 2.42. The molecule has 0 aliphatic carbocycles. The second-order valence-electron chi connectivity index (χ2n) is 18.4. The van der Waals surface area contributed by atoms with Gasteiger partial charge in [0.2, 0.25) is 0 Å². The predicted octanol–water partition coefficient (Wildman–Crippen LogP) is 10.6. The number of para-hydroxylation sites is 2. The Kier molecular flexibility index (Phi) is 10.2. The van der Waals surface area contributed by atoms with Crippen LogP contribution in [-0.2, 0) is 0 Å². The van der Waals surface area contributed by atoms with Gasteiger partial charge in [0.1, 0.15) is 0 Å². The third-order valence-electron chi connectivity index (χ3n) is 14.8. The van der Waals surface area contributed by atoms with Gasteiger partial charge in [0.05, 0.1) is 22.1 Å². The average molecular weight is 925 g/mol. The van der Waals surface area contributed by atoms with E-state index in [2.05, 4.69) is 300 Å². The van der Waals surface area contributed by atoms with Crippen molar-refractivity contribution in [1.82, 2.24) is 9.13 Å². The lowest BCUT2D eigenvalue weighted by molar-refractivity contribution is 1.17. The minimum absolute atomic E-state index is 1.14. The Hall–Kier alpha value is -8.55. The molecule has 2 nitrogen and oxygen atoms in total. The number of fused-ring (bicyclic) bond motifs is 7. The van der Waals surface area contributed by atoms with Gasteiger partial charge in [-0.1, -0.05) is 249 Å². The highest BCUT2D eigenvalue weighted by Gasteiger charge is 2.43. The largest absolute Gasteiger partial charge is 0.309 e. The summed E-state index contributed by atoms with van der Waals surface area (Å²) in [6.07, 6.45) is 0. The molecule has 0 saturated carbocycles. The predicted molar refractivity (Wildman–Crippen MR) is 302 cm³/mol. The van der Waals surface area contributed by atoms with Gasteiger partial charge in [-0.3, -0.25) is 0 Å². The van der Waals surface area contributed by atoms with Crippen LogP contribution in [0.1, 0.15) is 0 Å². The fraction of sp³-hybridized carbons (Fsp3) is 0. The van der Waals surface area contributed by atoms with Crippen LogP contribution < -0.4 is 41.5 Å². The monoisotopic (exact) mass is 924 g/mol. The molecule has 11 aromatic carbocycles. The van der Waals surface area contributed by atoms with Gasteiger partial charge >= 0.3 is 0 Å². The van der Waals surface area contributed by atoms with Gasteiger partial charge < -0.3 is 9.13 Å². The molecule has 4 heteroatoms. The Labute approximate surface area is 410 Å². The van der Waals surface area contributed by atoms with Crippen molar-refractivity contribution in [2.24, 2.45) is 0 Å². The molecule has 0 aliphatic heterocycles. The molecule has 0 unspecified atom stereocenters. The summed E-state index contributed by atoms with van der Waals surface area (Å²) in [5.41, 5.74) is 7.07. The van der Waals surface area contributed by atoms with E-state index in [4.69, 9.17) is 0 Å². The Bertz CT molecular complexity index is 3770. The zero-order valence-corrected chi connectivity index (χ0v) is 40.6. The minimum Gasteiger partial charge on any atom is -0.309 e. The molecule has 13 aromatic rings. The van der Waals surface area contributed by atoms with E-state index in [1.54, 1.807) is 0 Å². The van der Waals surface area contributed by atoms with Gasteiger partial charge in [-0.2, -0.15) is 0 Å². The normalized spacial score (nSPS) is 12.0. The van der Waals surface area contributed by atoms with E-state index in [9.17, 15) is 0 Å². The molecule has 2 heterocycles. The van der Waals surface area contributed by atoms with E-state index in [1.807, 2.05) is 0 Å². The standard InChI is InChI=1S/C66H48N2Si2/c1-8-25-49(26-9-1)67-62-42-23-22-41-61(62)65-63(67)46-45-60-59-44-43-58(70(54-34-16-5-17-35-54,55-36-18-6-19-37-55)56-38-20-7-21-39-56)48-64(59)68(66(60)65)50-27-24-40-57(47-50)69(51-28-10-2-11-29-51,52-30-12-3-13-31-52)53-32-14-4-15-33-53/h1-48H. The van der Waals surface area contributed by atoms with E-state index >= 15 is 0 Å². The number of hydrogen-bond donors (Lipinski definition) is 0. The summed E-state index contributed by atoms with van der Waals surface area (Å²) >= 11 is 0. The van der Waals surface area contributed by atoms with Crippen molar-refractivity contribution >= 4 is 101 Å². The second kappa shape index (κ2) is 17.2. The molecule has 13 rings (SSSR count). The smallest absolute Gasteiger partial charge is 0.179 e. The minimum atomic E-state index is -2.91. The SMILES string of the molecule is c1ccc(-n2c3ccccc3c3c2ccc2c4ccc([Si](c5ccccc5)(c5ccccc5)c5ccccc5)cc4n(-c4cccc([Si](c5ccccc5)(c5ccccc5)c5ccccc5)c4)c23)cc1. The van der Waals surface area contributed by atoms with E-state index < -0.39 is 16.1 Å². The van der Waals surface area contributed by atoms with Crippen molar-refractivity contribution in [2.45, 2.75) is 0 Å². The molecule has 0 fully saturated rings. The van der Waals surface area contributed by atoms with Crippen molar-refractivity contribution in [3.8, 4) is 11.4 Å². The Morgan fingerprint density at radius 1 is 0.214 bits per heavy atom. The van der Waals surface area contributed by atoms with Gasteiger partial charge in [-0.15, -0.1) is 0 Å². The first-order valence-electron chi connectivity index (χ1n) is 24.3. The molecule has 70 heavy (non-hydrogen) atoms. The van der Waals surface area contributed by atoms with Crippen LogP contribution in [0, 0.1) is 0 Å². The van der Waals surface area contributed by atoms with Gasteiger partial charge in [0, 0.05) is 32.9 Å². The molecule has 330 valence electrons. The average Bonchev–Trinajstić information content (AvgIpc) is 3.96. The summed E-state index contributed by atoms with van der Waals surface area (Å²) in [5, 5.41) is 15.7. The van der Waals surface area contributed by atoms with Crippen LogP contribution in [0.2, 0.25) is 0 Å². The van der Waals surface area contributed by atoms with Crippen molar-refractivity contribution in [1.29, 1.82) is 0 Å². The first-order chi connectivity index (χ1) is 34.8. The van der Waals surface area contributed by atoms with Crippen LogP contribution in [0.4, 0.5) is 0 Å². The van der Waals surface area contributed by atoms with Crippen LogP contribution in [0.15, 0.2) is 291 Å². The zero-order valence-electron chi connectivity index (χ0n) is 38.6. The molecule has 0 N–H and O–H groups in total. The summed E-state index contributed by atoms with van der Waals surface area (Å²) in [6.45, 7) is 0. The van der Waals surface area contributed by atoms with Crippen LogP contribution in [0.25, 0.3) is 55.0 Å². The molecule has 0 bridgehead atoms. The Morgan fingerprint density at radius 3 is 1.09 bits per heavy atom. The molecule has 0 aliphatic rings. The number of rotatable bonds is 10. The molecule has 0 saturated heterocycles. The van der Waals surface area contributed by atoms with Crippen molar-refractivity contribution < 1.29 is 0 Å². The van der Waals surface area contributed by atoms with Crippen molar-refractivity contribution in [3.05, 3.63) is 291 Å². The lowest BCUT2D eigenvalue weighted by atomic mass is 10.1. The van der Waals surface area contributed by atoms with Crippen molar-refractivity contribution in [2.75, 3.05) is 0 Å². The maximum Gasteiger partial charge on any atom is 0.179 e. The Balaban J connectivity index is 1.20. The van der Waals surface area contributed by atoms with Gasteiger partial charge in [0.15, 0.2) is 16.1 Å². The fourth-order valence-electron chi connectivity index (χ4n) is 11.9. The summed E-state index contributed by atoms with van der Waals surface area (Å²) in [7, 11) is -5.81. The lowest BCUT2D eigenvalue weighted by Crippen LogP contribution is -2.74. The summed E-state index contributed by atoms with van der Waals surface area (Å²) in [6, 6.07) is 109. The molecule has 0 atom stereocenters. The van der Waals surface area contributed by atoms with Gasteiger partial charge in [0.25, 0.3) is 0 Å². The maximum absolute atomic E-state index is 2.91. The van der Waals surface area contributed by atoms with Gasteiger partial charge in [-0.05, 0) is 84.0 Å². The molecule has 0 amide bonds. The van der Waals surface area contributed by atoms with E-state index in [-0.39, 0.29) is 0 Å². The van der Waals surface area contributed by atoms with Gasteiger partial charge in [-0.25, -0.2) is 0 Å². The number of hydrogen-bond acceptors (Lipinski definition) is 0. The fourth-order valence-corrected chi connectivity index (χ4v) is 21.5. The summed E-state index contributed by atoms with van der Waals surface area (Å²) < 4.78 is 5.08. The van der Waals surface area contributed by atoms with E-state index in [0.29, 0.717) is 0 Å². The Morgan fingerprint density at radius 2 is 0.600 bits per heavy atom. The molecule has 0 radical (unpaired) electrons. The van der Waals surface area contributed by atoms with E-state index in [1.165, 1.54) is 85.1 Å². The first-order valence-corrected chi connectivity index (χ1v) is 28.3. The highest BCUT2D eigenvalue weighted by atomic mass is 28.3. The number of nitrogens with zero attached hydrogens (tertiary/aromatic N) is 2. The topological polar surface area (TPSA) is 9.86 Å². The van der Waals surface area contributed by atoms with Crippen LogP contribution >= 0.6 is 0 Å². The molecule has 2 aromatic heterocycles. The quantitative estimate of drug-likeness (QED) is 0.0956. The maximum atomic E-state index is 2.63. The van der Waals surface area contributed by atoms with E-state index in [0.717, 1.165) is 11.4 Å². The molecular weight excluding hydrogens is 877 g/mol. The van der Waals surface area contributed by atoms with Crippen molar-refractivity contribution in [3.63, 3.8) is 0 Å². The summed E-state index contributed by atoms with van der Waals surface area (Å²) in [4.78, 5) is 0. The van der Waals surface area contributed by atoms with Crippen LogP contribution in [0.3, 0.4) is 0 Å². The molecular formula is C66H48N2Si2. The summed E-state index contributed by atoms with van der Waals surface area (Å²) in [5.74, 6) is 0. The number of aromatic nitrogens is 2. The van der Waals surface area contributed by atoms with Crippen LogP contribution in [-0.4, -0.2) is 25.3 Å². The zero-order chi connectivity index (χ0) is 46.5. The number of benzene rings is 11. The van der Waals surface area contributed by atoms with Crippen LogP contribution in [0.5, 0.6) is 0 Å². The first kappa shape index (κ1) is 41.6. The third-order valence-corrected chi connectivity index (χ3v) is 24.3. The highest BCUT2D eigenvalue weighted by molar-refractivity contribution is 7.20. The second-order valence-corrected chi connectivity index (χ2v) is 26.0. The molecule has 0 spiro atoms.